The number of carbonyl (C=O) groups excluding carboxylic acids is 1. The molecule has 5 rings (SSSR count). The number of carbonyl (C=O) groups is 1. The van der Waals surface area contributed by atoms with Gasteiger partial charge in [-0.3, -0.25) is 14.2 Å². The molecule has 32 heavy (non-hydrogen) atoms. The van der Waals surface area contributed by atoms with E-state index in [1.165, 1.54) is 23.0 Å². The number of rotatable bonds is 5. The average Bonchev–Trinajstić information content (AvgIpc) is 3.38. The summed E-state index contributed by atoms with van der Waals surface area (Å²) in [5.74, 6) is -0.351. The van der Waals surface area contributed by atoms with E-state index in [1.807, 2.05) is 12.1 Å². The molecule has 0 saturated heterocycles. The first-order chi connectivity index (χ1) is 15.5. The highest BCUT2D eigenvalue weighted by molar-refractivity contribution is 6.01. The van der Waals surface area contributed by atoms with Crippen molar-refractivity contribution in [3.63, 3.8) is 0 Å². The van der Waals surface area contributed by atoms with Gasteiger partial charge in [0.1, 0.15) is 35.3 Å². The Labute approximate surface area is 180 Å². The van der Waals surface area contributed by atoms with Gasteiger partial charge in [0, 0.05) is 24.8 Å². The Kier molecular flexibility index (Phi) is 4.78. The Morgan fingerprint density at radius 1 is 1.19 bits per heavy atom. The smallest absolute Gasteiger partial charge is 0.297 e. The largest absolute Gasteiger partial charge is 0.448 e. The van der Waals surface area contributed by atoms with Crippen LogP contribution < -0.4 is 10.9 Å². The lowest BCUT2D eigenvalue weighted by atomic mass is 10.1. The number of para-hydroxylation sites is 1. The highest BCUT2D eigenvalue weighted by Crippen LogP contribution is 2.24. The Morgan fingerprint density at radius 3 is 2.81 bits per heavy atom. The number of nitrogens with zero attached hydrogens (tertiary/aromatic N) is 4. The van der Waals surface area contributed by atoms with E-state index in [0.717, 1.165) is 5.39 Å². The number of fused-ring (bicyclic) bond motifs is 3. The van der Waals surface area contributed by atoms with Crippen molar-refractivity contribution in [3.8, 4) is 0 Å². The summed E-state index contributed by atoms with van der Waals surface area (Å²) in [5.41, 5.74) is 1.17. The topological polar surface area (TPSA) is 95.0 Å². The number of nitrogens with one attached hydrogen (secondary N) is 1. The van der Waals surface area contributed by atoms with Gasteiger partial charge < -0.3 is 14.3 Å². The minimum Gasteiger partial charge on any atom is -0.448 e. The first-order valence-electron chi connectivity index (χ1n) is 9.90. The summed E-state index contributed by atoms with van der Waals surface area (Å²) in [7, 11) is 1.78. The van der Waals surface area contributed by atoms with E-state index in [9.17, 15) is 14.0 Å². The van der Waals surface area contributed by atoms with Crippen LogP contribution in [-0.2, 0) is 18.4 Å². The predicted octanol–water partition coefficient (Wildman–Crippen LogP) is 2.92. The van der Waals surface area contributed by atoms with Crippen LogP contribution in [0.5, 0.6) is 0 Å². The number of halogens is 1. The Morgan fingerprint density at radius 2 is 2.03 bits per heavy atom. The maximum Gasteiger partial charge on any atom is 0.297 e. The number of aryl methyl sites for hydroxylation is 1. The molecule has 0 saturated carbocycles. The van der Waals surface area contributed by atoms with Crippen molar-refractivity contribution < 1.29 is 13.6 Å². The highest BCUT2D eigenvalue weighted by atomic mass is 19.1. The maximum absolute atomic E-state index is 13.8. The van der Waals surface area contributed by atoms with Gasteiger partial charge in [0.15, 0.2) is 0 Å². The third-order valence-corrected chi connectivity index (χ3v) is 5.27. The highest BCUT2D eigenvalue weighted by Gasteiger charge is 2.22. The van der Waals surface area contributed by atoms with Gasteiger partial charge in [0.2, 0.25) is 11.5 Å². The molecule has 8 nitrogen and oxygen atoms in total. The Bertz CT molecular complexity index is 1520. The molecule has 1 N–H and O–H groups in total. The quantitative estimate of drug-likeness (QED) is 0.462. The Hall–Kier alpha value is -4.27. The normalized spacial score (nSPS) is 12.3. The molecule has 0 radical (unpaired) electrons. The van der Waals surface area contributed by atoms with Crippen molar-refractivity contribution in [1.29, 1.82) is 0 Å². The molecular weight excluding hydrogens is 413 g/mol. The minimum atomic E-state index is -0.697. The molecule has 1 atom stereocenters. The van der Waals surface area contributed by atoms with Crippen molar-refractivity contribution in [1.82, 2.24) is 24.4 Å². The van der Waals surface area contributed by atoms with E-state index in [-0.39, 0.29) is 12.1 Å². The van der Waals surface area contributed by atoms with Gasteiger partial charge in [-0.25, -0.2) is 14.4 Å². The molecule has 0 spiro atoms. The van der Waals surface area contributed by atoms with Crippen LogP contribution in [0.15, 0.2) is 76.5 Å². The third kappa shape index (κ3) is 3.43. The first kappa shape index (κ1) is 19.7. The summed E-state index contributed by atoms with van der Waals surface area (Å²) in [5, 5.41) is 3.58. The van der Waals surface area contributed by atoms with E-state index >= 15 is 0 Å². The van der Waals surface area contributed by atoms with E-state index < -0.39 is 23.3 Å². The van der Waals surface area contributed by atoms with Gasteiger partial charge in [-0.2, -0.15) is 0 Å². The molecule has 3 heterocycles. The van der Waals surface area contributed by atoms with Gasteiger partial charge in [-0.1, -0.05) is 24.3 Å². The molecule has 0 aliphatic heterocycles. The van der Waals surface area contributed by atoms with E-state index in [1.54, 1.807) is 48.3 Å². The van der Waals surface area contributed by atoms with Crippen LogP contribution in [0, 0.1) is 5.82 Å². The fourth-order valence-corrected chi connectivity index (χ4v) is 3.73. The lowest BCUT2D eigenvalue weighted by molar-refractivity contribution is -0.122. The SMILES string of the molecule is Cn1ccnc1C(NC(=O)Cn1cnc2c(oc3ccccc32)c1=O)c1cccc(F)c1. The molecule has 1 amide bonds. The fraction of sp³-hybridized carbons (Fsp3) is 0.130. The fourth-order valence-electron chi connectivity index (χ4n) is 3.73. The van der Waals surface area contributed by atoms with Crippen LogP contribution in [0.25, 0.3) is 22.1 Å². The molecular formula is C23H18FN5O3. The summed E-state index contributed by atoms with van der Waals surface area (Å²) >= 11 is 0. The minimum absolute atomic E-state index is 0.0901. The summed E-state index contributed by atoms with van der Waals surface area (Å²) < 4.78 is 22.4. The second-order valence-electron chi connectivity index (χ2n) is 7.41. The van der Waals surface area contributed by atoms with Crippen LogP contribution in [0.3, 0.4) is 0 Å². The standard InChI is InChI=1S/C23H18FN5O3/c1-28-10-9-25-22(28)19(14-5-4-6-15(24)11-14)27-18(30)12-29-13-26-20-16-7-2-3-8-17(16)32-21(20)23(29)31/h2-11,13,19H,12H2,1H3,(H,27,30). The molecule has 9 heteroatoms. The zero-order chi connectivity index (χ0) is 22.2. The zero-order valence-electron chi connectivity index (χ0n) is 17.0. The van der Waals surface area contributed by atoms with Gasteiger partial charge >= 0.3 is 0 Å². The summed E-state index contributed by atoms with van der Waals surface area (Å²) in [4.78, 5) is 34.4. The predicted molar refractivity (Wildman–Crippen MR) is 115 cm³/mol. The molecule has 5 aromatic rings. The molecule has 0 aliphatic carbocycles. The van der Waals surface area contributed by atoms with E-state index in [4.69, 9.17) is 4.42 Å². The van der Waals surface area contributed by atoms with Crippen LogP contribution in [0.2, 0.25) is 0 Å². The average molecular weight is 431 g/mol. The van der Waals surface area contributed by atoms with Crippen molar-refractivity contribution in [3.05, 3.63) is 94.8 Å². The number of imidazole rings is 1. The number of hydrogen-bond donors (Lipinski definition) is 1. The lowest BCUT2D eigenvalue weighted by Crippen LogP contribution is -2.36. The molecule has 160 valence electrons. The molecule has 0 fully saturated rings. The van der Waals surface area contributed by atoms with E-state index in [0.29, 0.717) is 22.5 Å². The molecule has 2 aromatic carbocycles. The lowest BCUT2D eigenvalue weighted by Gasteiger charge is -2.19. The van der Waals surface area contributed by atoms with Crippen LogP contribution in [0.1, 0.15) is 17.4 Å². The second kappa shape index (κ2) is 7.77. The molecule has 3 aromatic heterocycles. The van der Waals surface area contributed by atoms with Crippen LogP contribution in [0.4, 0.5) is 4.39 Å². The van der Waals surface area contributed by atoms with E-state index in [2.05, 4.69) is 15.3 Å². The Balaban J connectivity index is 1.46. The number of hydrogen-bond acceptors (Lipinski definition) is 5. The van der Waals surface area contributed by atoms with Crippen molar-refractivity contribution in [2.75, 3.05) is 0 Å². The molecule has 0 aliphatic rings. The van der Waals surface area contributed by atoms with Crippen molar-refractivity contribution in [2.45, 2.75) is 12.6 Å². The summed E-state index contributed by atoms with van der Waals surface area (Å²) in [6.45, 7) is -0.283. The number of benzene rings is 2. The number of amides is 1. The van der Waals surface area contributed by atoms with Gasteiger partial charge in [-0.05, 0) is 29.8 Å². The molecule has 1 unspecified atom stereocenters. The van der Waals surface area contributed by atoms with Crippen LogP contribution >= 0.6 is 0 Å². The van der Waals surface area contributed by atoms with Crippen molar-refractivity contribution in [2.24, 2.45) is 7.05 Å². The monoisotopic (exact) mass is 431 g/mol. The van der Waals surface area contributed by atoms with Gasteiger partial charge in [-0.15, -0.1) is 0 Å². The van der Waals surface area contributed by atoms with Gasteiger partial charge in [0.05, 0.1) is 6.33 Å². The summed E-state index contributed by atoms with van der Waals surface area (Å²) in [6.07, 6.45) is 4.65. The number of aromatic nitrogens is 4. The first-order valence-corrected chi connectivity index (χ1v) is 9.90. The maximum atomic E-state index is 13.8. The van der Waals surface area contributed by atoms with Gasteiger partial charge in [0.25, 0.3) is 5.56 Å². The second-order valence-corrected chi connectivity index (χ2v) is 7.41. The van der Waals surface area contributed by atoms with Crippen molar-refractivity contribution >= 4 is 28.0 Å². The number of furan rings is 1. The summed E-state index contributed by atoms with van der Waals surface area (Å²) in [6, 6.07) is 12.5. The molecule has 0 bridgehead atoms. The zero-order valence-corrected chi connectivity index (χ0v) is 17.0. The van der Waals surface area contributed by atoms with Crippen LogP contribution in [-0.4, -0.2) is 25.0 Å². The third-order valence-electron chi connectivity index (χ3n) is 5.27.